The van der Waals surface area contributed by atoms with Crippen molar-refractivity contribution >= 4 is 11.5 Å². The summed E-state index contributed by atoms with van der Waals surface area (Å²) in [5.41, 5.74) is 6.94. The molecule has 1 aromatic heterocycles. The first kappa shape index (κ1) is 14.9. The fourth-order valence-electron chi connectivity index (χ4n) is 1.99. The van der Waals surface area contributed by atoms with Gasteiger partial charge in [-0.15, -0.1) is 0 Å². The fraction of sp³-hybridized carbons (Fsp3) is 0.286. The summed E-state index contributed by atoms with van der Waals surface area (Å²) in [5, 5.41) is 2.97. The van der Waals surface area contributed by atoms with Crippen molar-refractivity contribution in [3.63, 3.8) is 0 Å². The second-order valence-corrected chi connectivity index (χ2v) is 4.69. The van der Waals surface area contributed by atoms with Gasteiger partial charge in [0.1, 0.15) is 11.5 Å². The lowest BCUT2D eigenvalue weighted by molar-refractivity contribution is 0.185. The van der Waals surface area contributed by atoms with Crippen molar-refractivity contribution in [3.8, 4) is 0 Å². The Morgan fingerprint density at radius 1 is 1.33 bits per heavy atom. The van der Waals surface area contributed by atoms with Crippen LogP contribution in [0.25, 0.3) is 0 Å². The first-order valence-corrected chi connectivity index (χ1v) is 6.42. The van der Waals surface area contributed by atoms with Gasteiger partial charge in [0, 0.05) is 20.7 Å². The molecule has 0 atom stereocenters. The van der Waals surface area contributed by atoms with Crippen LogP contribution in [-0.2, 0) is 24.9 Å². The van der Waals surface area contributed by atoms with E-state index in [-0.39, 0.29) is 11.5 Å². The number of anilines is 2. The van der Waals surface area contributed by atoms with Gasteiger partial charge in [-0.2, -0.15) is 0 Å². The van der Waals surface area contributed by atoms with Crippen molar-refractivity contribution in [1.29, 1.82) is 0 Å². The number of hydrogen-bond acceptors (Lipinski definition) is 5. The Morgan fingerprint density at radius 3 is 2.76 bits per heavy atom. The minimum atomic E-state index is -0.537. The summed E-state index contributed by atoms with van der Waals surface area (Å²) in [6, 6.07) is 7.78. The van der Waals surface area contributed by atoms with Gasteiger partial charge in [0.25, 0.3) is 5.56 Å². The predicted molar refractivity (Wildman–Crippen MR) is 81.2 cm³/mol. The molecule has 1 heterocycles. The lowest BCUT2D eigenvalue weighted by Gasteiger charge is -2.11. The first-order valence-electron chi connectivity index (χ1n) is 6.42. The molecule has 0 saturated carbocycles. The van der Waals surface area contributed by atoms with E-state index < -0.39 is 11.2 Å². The van der Waals surface area contributed by atoms with E-state index in [0.717, 1.165) is 11.1 Å². The van der Waals surface area contributed by atoms with Gasteiger partial charge in [-0.1, -0.05) is 24.3 Å². The molecule has 0 aliphatic heterocycles. The summed E-state index contributed by atoms with van der Waals surface area (Å²) in [6.45, 7) is 0.944. The van der Waals surface area contributed by atoms with Crippen LogP contribution in [0.15, 0.2) is 33.9 Å². The molecule has 0 radical (unpaired) electrons. The van der Waals surface area contributed by atoms with Crippen LogP contribution in [-0.4, -0.2) is 16.7 Å². The molecule has 0 fully saturated rings. The van der Waals surface area contributed by atoms with Crippen LogP contribution in [0.3, 0.4) is 0 Å². The molecule has 2 rings (SSSR count). The molecular weight excluding hydrogens is 272 g/mol. The number of aromatic amines is 1. The molecule has 4 N–H and O–H groups in total. The van der Waals surface area contributed by atoms with Gasteiger partial charge in [-0.25, -0.2) is 4.79 Å². The van der Waals surface area contributed by atoms with Gasteiger partial charge in [0.2, 0.25) is 0 Å². The highest BCUT2D eigenvalue weighted by molar-refractivity contribution is 5.60. The van der Waals surface area contributed by atoms with Crippen LogP contribution < -0.4 is 22.3 Å². The summed E-state index contributed by atoms with van der Waals surface area (Å²) in [4.78, 5) is 25.4. The second-order valence-electron chi connectivity index (χ2n) is 4.69. The number of nitrogen functional groups attached to an aromatic ring is 1. The van der Waals surface area contributed by atoms with Crippen LogP contribution in [0.5, 0.6) is 0 Å². The highest BCUT2D eigenvalue weighted by Gasteiger charge is 2.09. The quantitative estimate of drug-likeness (QED) is 0.740. The van der Waals surface area contributed by atoms with Crippen molar-refractivity contribution in [2.75, 3.05) is 18.2 Å². The monoisotopic (exact) mass is 290 g/mol. The van der Waals surface area contributed by atoms with E-state index in [0.29, 0.717) is 13.2 Å². The number of H-pyrrole nitrogens is 1. The van der Waals surface area contributed by atoms with E-state index in [2.05, 4.69) is 10.3 Å². The third-order valence-corrected chi connectivity index (χ3v) is 3.14. The van der Waals surface area contributed by atoms with E-state index in [9.17, 15) is 9.59 Å². The maximum atomic E-state index is 11.8. The Hall–Kier alpha value is -2.54. The van der Waals surface area contributed by atoms with Gasteiger partial charge in [0.15, 0.2) is 0 Å². The molecule has 2 aromatic rings. The second kappa shape index (κ2) is 6.27. The van der Waals surface area contributed by atoms with Crippen LogP contribution in [0.4, 0.5) is 11.5 Å². The molecule has 0 aliphatic rings. The largest absolute Gasteiger partial charge is 0.383 e. The van der Waals surface area contributed by atoms with Crippen LogP contribution >= 0.6 is 0 Å². The molecule has 0 amide bonds. The fourth-order valence-corrected chi connectivity index (χ4v) is 1.99. The van der Waals surface area contributed by atoms with E-state index in [4.69, 9.17) is 10.5 Å². The molecule has 21 heavy (non-hydrogen) atoms. The lowest BCUT2D eigenvalue weighted by Crippen LogP contribution is -2.32. The zero-order chi connectivity index (χ0) is 15.4. The number of hydrogen-bond donors (Lipinski definition) is 3. The van der Waals surface area contributed by atoms with Gasteiger partial charge < -0.3 is 15.8 Å². The standard InChI is InChI=1S/C14H18N4O3/c1-18-12(15)11(13(19)17-14(18)20)16-7-9-4-3-5-10(6-9)8-21-2/h3-6,16H,7-8,15H2,1-2H3,(H,17,19,20). The van der Waals surface area contributed by atoms with Crippen LogP contribution in [0.1, 0.15) is 11.1 Å². The predicted octanol–water partition coefficient (Wildman–Crippen LogP) is 0.414. The number of ether oxygens (including phenoxy) is 1. The Kier molecular flexibility index (Phi) is 4.44. The van der Waals surface area contributed by atoms with Crippen LogP contribution in [0, 0.1) is 0 Å². The normalized spacial score (nSPS) is 10.6. The average molecular weight is 290 g/mol. The van der Waals surface area contributed by atoms with Gasteiger partial charge >= 0.3 is 5.69 Å². The number of aromatic nitrogens is 2. The minimum absolute atomic E-state index is 0.108. The van der Waals surface area contributed by atoms with Gasteiger partial charge in [0.05, 0.1) is 6.61 Å². The Balaban J connectivity index is 2.21. The average Bonchev–Trinajstić information content (AvgIpc) is 2.45. The molecule has 112 valence electrons. The van der Waals surface area contributed by atoms with Crippen molar-refractivity contribution in [2.45, 2.75) is 13.2 Å². The molecule has 0 bridgehead atoms. The maximum absolute atomic E-state index is 11.8. The topological polar surface area (TPSA) is 102 Å². The third-order valence-electron chi connectivity index (χ3n) is 3.14. The van der Waals surface area contributed by atoms with E-state index in [1.807, 2.05) is 24.3 Å². The van der Waals surface area contributed by atoms with Crippen molar-refractivity contribution in [2.24, 2.45) is 7.05 Å². The Morgan fingerprint density at radius 2 is 2.05 bits per heavy atom. The maximum Gasteiger partial charge on any atom is 0.329 e. The highest BCUT2D eigenvalue weighted by Crippen LogP contribution is 2.12. The zero-order valence-electron chi connectivity index (χ0n) is 12.0. The Bertz CT molecular complexity index is 749. The molecule has 0 saturated heterocycles. The van der Waals surface area contributed by atoms with Crippen LogP contribution in [0.2, 0.25) is 0 Å². The number of methoxy groups -OCH3 is 1. The van der Waals surface area contributed by atoms with Gasteiger partial charge in [-0.3, -0.25) is 14.3 Å². The van der Waals surface area contributed by atoms with E-state index in [1.54, 1.807) is 7.11 Å². The molecule has 7 heteroatoms. The first-order chi connectivity index (χ1) is 10.0. The number of nitrogens with one attached hydrogen (secondary N) is 2. The Labute approximate surface area is 121 Å². The summed E-state index contributed by atoms with van der Waals surface area (Å²) in [7, 11) is 3.13. The van der Waals surface area contributed by atoms with Gasteiger partial charge in [-0.05, 0) is 11.1 Å². The highest BCUT2D eigenvalue weighted by atomic mass is 16.5. The summed E-state index contributed by atoms with van der Waals surface area (Å²) in [5.74, 6) is 0.108. The van der Waals surface area contributed by atoms with Crippen molar-refractivity contribution < 1.29 is 4.74 Å². The molecular formula is C14H18N4O3. The molecule has 0 unspecified atom stereocenters. The van der Waals surface area contributed by atoms with Crippen molar-refractivity contribution in [3.05, 3.63) is 56.2 Å². The van der Waals surface area contributed by atoms with E-state index >= 15 is 0 Å². The smallest absolute Gasteiger partial charge is 0.329 e. The number of nitrogens with zero attached hydrogens (tertiary/aromatic N) is 1. The number of rotatable bonds is 5. The minimum Gasteiger partial charge on any atom is -0.383 e. The summed E-state index contributed by atoms with van der Waals surface area (Å²) in [6.07, 6.45) is 0. The lowest BCUT2D eigenvalue weighted by atomic mass is 10.1. The summed E-state index contributed by atoms with van der Waals surface area (Å²) >= 11 is 0. The number of nitrogens with two attached hydrogens (primary N) is 1. The SMILES string of the molecule is COCc1cccc(CNc2c(N)n(C)c(=O)[nH]c2=O)c1. The van der Waals surface area contributed by atoms with E-state index in [1.165, 1.54) is 11.6 Å². The molecule has 0 aliphatic carbocycles. The molecule has 7 nitrogen and oxygen atoms in total. The molecule has 1 aromatic carbocycles. The van der Waals surface area contributed by atoms with Crippen molar-refractivity contribution in [1.82, 2.24) is 9.55 Å². The zero-order valence-corrected chi connectivity index (χ0v) is 12.0. The number of benzene rings is 1. The summed E-state index contributed by atoms with van der Waals surface area (Å²) < 4.78 is 6.26. The third kappa shape index (κ3) is 3.32. The molecule has 0 spiro atoms.